The van der Waals surface area contributed by atoms with E-state index in [-0.39, 0.29) is 0 Å². The number of hydrogen-bond donors (Lipinski definition) is 1. The van der Waals surface area contributed by atoms with Crippen molar-refractivity contribution in [3.63, 3.8) is 0 Å². The van der Waals surface area contributed by atoms with E-state index in [1.165, 1.54) is 0 Å². The van der Waals surface area contributed by atoms with Crippen LogP contribution in [0.25, 0.3) is 0 Å². The zero-order valence-electron chi connectivity index (χ0n) is 2.09. The van der Waals surface area contributed by atoms with Gasteiger partial charge < -0.3 is 0 Å². The lowest BCUT2D eigenvalue weighted by Gasteiger charge is -1.47. The van der Waals surface area contributed by atoms with Crippen molar-refractivity contribution in [1.29, 1.82) is 0 Å². The van der Waals surface area contributed by atoms with Crippen LogP contribution in [0.1, 0.15) is 0 Å². The van der Waals surface area contributed by atoms with Gasteiger partial charge in [0.15, 0.2) is 0 Å². The average Bonchev–Trinajstić information content (AvgIpc) is 1.38. The van der Waals surface area contributed by atoms with Gasteiger partial charge in [-0.15, -0.1) is 4.89 Å². The summed E-state index contributed by atoms with van der Waals surface area (Å²) in [7, 11) is -3.01. The molecule has 0 saturated heterocycles. The first-order chi connectivity index (χ1) is 2.27. The van der Waals surface area contributed by atoms with Gasteiger partial charge in [0.1, 0.15) is 4.73 Å². The Kier molecular flexibility index (Phi) is 2.18. The zero-order valence-corrected chi connectivity index (χ0v) is 2.98. The highest BCUT2D eigenvalue weighted by Crippen LogP contribution is 2.12. The summed E-state index contributed by atoms with van der Waals surface area (Å²) in [6, 6.07) is 0. The molecule has 0 aliphatic heterocycles. The molecule has 0 aromatic heterocycles. The molecule has 5 heavy (non-hydrogen) atoms. The van der Waals surface area contributed by atoms with Crippen LogP contribution in [0.4, 0.5) is 4.53 Å². The average molecular weight is 99.0 g/mol. The van der Waals surface area contributed by atoms with Gasteiger partial charge >= 0.3 is 8.25 Å². The molecule has 0 radical (unpaired) electrons. The molecule has 0 aliphatic carbocycles. The van der Waals surface area contributed by atoms with Crippen LogP contribution in [0.5, 0.6) is 0 Å². The van der Waals surface area contributed by atoms with Crippen molar-refractivity contribution in [3.05, 3.63) is 0 Å². The predicted molar refractivity (Wildman–Crippen MR) is 12.0 cm³/mol. The smallest absolute Gasteiger partial charge is 0.131 e. The summed E-state index contributed by atoms with van der Waals surface area (Å²) in [5.41, 5.74) is 0. The van der Waals surface area contributed by atoms with Crippen molar-refractivity contribution < 1.29 is 18.7 Å². The summed E-state index contributed by atoms with van der Waals surface area (Å²) < 4.78 is 21.3. The summed E-state index contributed by atoms with van der Waals surface area (Å²) >= 11 is 0. The molecule has 1 N–H and O–H groups in total. The quantitative estimate of drug-likeness (QED) is 0.488. The predicted octanol–water partition coefficient (Wildman–Crippen LogP) is 0.537. The molecule has 0 aromatic carbocycles. The highest BCUT2D eigenvalue weighted by atomic mass is 31.1. The van der Waals surface area contributed by atoms with E-state index in [0.29, 0.717) is 0 Å². The standard InChI is InChI=1S/FO3P/c1-4-5(2)3/p+1. The largest absolute Gasteiger partial charge is 0.730 e. The summed E-state index contributed by atoms with van der Waals surface area (Å²) in [6.45, 7) is 0. The van der Waals surface area contributed by atoms with Crippen LogP contribution < -0.4 is 0 Å². The Morgan fingerprint density at radius 3 is 2.20 bits per heavy atom. The molecular weight excluding hydrogens is 98.0 g/mol. The lowest BCUT2D eigenvalue weighted by atomic mass is 15.6. The molecule has 0 saturated carbocycles. The van der Waals surface area contributed by atoms with E-state index in [1.807, 2.05) is 0 Å². The maximum Gasteiger partial charge on any atom is 0.730 e. The Morgan fingerprint density at radius 1 is 2.00 bits per heavy atom. The van der Waals surface area contributed by atoms with E-state index >= 15 is 0 Å². The molecule has 1 atom stereocenters. The maximum absolute atomic E-state index is 10.1. The number of hydrogen-bond acceptors (Lipinski definition) is 2. The summed E-state index contributed by atoms with van der Waals surface area (Å²) in [4.78, 5) is 7.27. The second-order valence-electron chi connectivity index (χ2n) is 0.307. The van der Waals surface area contributed by atoms with Crippen LogP contribution in [0.3, 0.4) is 0 Å². The zero-order chi connectivity index (χ0) is 4.28. The first-order valence-electron chi connectivity index (χ1n) is 0.719. The van der Waals surface area contributed by atoms with Crippen LogP contribution in [-0.2, 0) is 9.29 Å². The van der Waals surface area contributed by atoms with Gasteiger partial charge in [-0.25, -0.2) is 0 Å². The molecule has 0 aliphatic rings. The first kappa shape index (κ1) is 4.95. The van der Waals surface area contributed by atoms with Crippen molar-refractivity contribution in [3.8, 4) is 0 Å². The topological polar surface area (TPSA) is 46.5 Å². The summed E-state index contributed by atoms with van der Waals surface area (Å²) in [6.07, 6.45) is 0. The van der Waals surface area contributed by atoms with Gasteiger partial charge in [-0.05, 0) is 0 Å². The van der Waals surface area contributed by atoms with Crippen molar-refractivity contribution >= 4 is 8.25 Å². The first-order valence-corrected chi connectivity index (χ1v) is 1.85. The molecule has 0 aromatic rings. The van der Waals surface area contributed by atoms with Crippen LogP contribution in [-0.4, -0.2) is 4.89 Å². The van der Waals surface area contributed by atoms with Crippen LogP contribution >= 0.6 is 8.25 Å². The van der Waals surface area contributed by atoms with Gasteiger partial charge in [0.05, 0.1) is 0 Å². The Balaban J connectivity index is 2.85. The Hall–Kier alpha value is -0.0500. The SMILES string of the molecule is O=[P+](O)OF. The Labute approximate surface area is 28.2 Å². The second-order valence-corrected chi connectivity index (χ2v) is 0.921. The molecule has 0 amide bonds. The van der Waals surface area contributed by atoms with Gasteiger partial charge in [0.2, 0.25) is 0 Å². The molecule has 3 nitrogen and oxygen atoms in total. The van der Waals surface area contributed by atoms with Crippen molar-refractivity contribution in [2.75, 3.05) is 0 Å². The second kappa shape index (κ2) is 2.20. The molecule has 1 unspecified atom stereocenters. The molecule has 0 rings (SSSR count). The van der Waals surface area contributed by atoms with Gasteiger partial charge in [-0.3, -0.25) is 0 Å². The molecule has 0 fully saturated rings. The maximum atomic E-state index is 10.1. The lowest BCUT2D eigenvalue weighted by molar-refractivity contribution is -0.00917. The molecule has 0 bridgehead atoms. The van der Waals surface area contributed by atoms with Crippen molar-refractivity contribution in [1.82, 2.24) is 0 Å². The Bertz CT molecular complexity index is 42.2. The molecule has 5 heteroatoms. The Morgan fingerprint density at radius 2 is 2.20 bits per heavy atom. The van der Waals surface area contributed by atoms with Crippen LogP contribution in [0, 0.1) is 0 Å². The minimum Gasteiger partial charge on any atom is -0.131 e. The number of rotatable bonds is 1. The minimum atomic E-state index is -3.01. The van der Waals surface area contributed by atoms with E-state index < -0.39 is 8.25 Å². The van der Waals surface area contributed by atoms with Gasteiger partial charge in [0.25, 0.3) is 0 Å². The lowest BCUT2D eigenvalue weighted by Crippen LogP contribution is -1.48. The van der Waals surface area contributed by atoms with Crippen molar-refractivity contribution in [2.24, 2.45) is 0 Å². The van der Waals surface area contributed by atoms with Gasteiger partial charge in [-0.1, -0.05) is 0 Å². The normalized spacial score (nSPS) is 11.2. The van der Waals surface area contributed by atoms with E-state index in [4.69, 9.17) is 9.46 Å². The van der Waals surface area contributed by atoms with Gasteiger partial charge in [0, 0.05) is 9.09 Å². The number of halogens is 1. The van der Waals surface area contributed by atoms with E-state index in [2.05, 4.69) is 4.73 Å². The van der Waals surface area contributed by atoms with Gasteiger partial charge in [-0.2, -0.15) is 0 Å². The van der Waals surface area contributed by atoms with Crippen LogP contribution in [0.2, 0.25) is 0 Å². The molecule has 0 heterocycles. The van der Waals surface area contributed by atoms with E-state index in [9.17, 15) is 4.53 Å². The minimum absolute atomic E-state index is 2.31. The fraction of sp³-hybridized carbons (Fsp3) is 0. The molecule has 0 spiro atoms. The monoisotopic (exact) mass is 99.0 g/mol. The van der Waals surface area contributed by atoms with Crippen molar-refractivity contribution in [2.45, 2.75) is 0 Å². The highest BCUT2D eigenvalue weighted by molar-refractivity contribution is 7.31. The third-order valence-electron chi connectivity index (χ3n) is 0.0590. The highest BCUT2D eigenvalue weighted by Gasteiger charge is 2.09. The third kappa shape index (κ3) is 3.95. The fourth-order valence-corrected chi connectivity index (χ4v) is 0. The van der Waals surface area contributed by atoms with E-state index in [1.54, 1.807) is 0 Å². The molecule has 30 valence electrons. The summed E-state index contributed by atoms with van der Waals surface area (Å²) in [5.74, 6) is 0. The molecular formula is HFO3P+. The van der Waals surface area contributed by atoms with Crippen LogP contribution in [0.15, 0.2) is 0 Å². The summed E-state index contributed by atoms with van der Waals surface area (Å²) in [5, 5.41) is 0. The fourth-order valence-electron chi connectivity index (χ4n) is 0. The third-order valence-corrected chi connectivity index (χ3v) is 0.177. The van der Waals surface area contributed by atoms with E-state index in [0.717, 1.165) is 0 Å².